The Morgan fingerprint density at radius 1 is 1.15 bits per heavy atom. The minimum Gasteiger partial charge on any atom is -0.364 e. The van der Waals surface area contributed by atoms with Crippen molar-refractivity contribution >= 4 is 30.1 Å². The molecule has 0 atom stereocenters. The van der Waals surface area contributed by atoms with Gasteiger partial charge in [0.05, 0.1) is 23.1 Å². The predicted octanol–water partition coefficient (Wildman–Crippen LogP) is 2.03. The summed E-state index contributed by atoms with van der Waals surface area (Å²) in [6.45, 7) is 8.59. The second kappa shape index (κ2) is 5.61. The lowest BCUT2D eigenvalue weighted by Gasteiger charge is -2.33. The molecule has 0 spiro atoms. The van der Waals surface area contributed by atoms with Crippen molar-refractivity contribution in [1.29, 1.82) is 0 Å². The summed E-state index contributed by atoms with van der Waals surface area (Å²) in [5.41, 5.74) is 2.30. The number of rotatable bonds is 4. The van der Waals surface area contributed by atoms with Crippen LogP contribution in [0.15, 0.2) is 24.5 Å². The number of carbonyl (C=O) groups is 1. The maximum absolute atomic E-state index is 11.5. The van der Waals surface area contributed by atoms with E-state index in [1.54, 1.807) is 12.3 Å². The third-order valence-electron chi connectivity index (χ3n) is 3.33. The molecule has 0 bridgehead atoms. The van der Waals surface area contributed by atoms with E-state index >= 15 is 0 Å². The maximum atomic E-state index is 11.5. The fourth-order valence-electron chi connectivity index (χ4n) is 2.57. The van der Waals surface area contributed by atoms with Gasteiger partial charge in [-0.1, -0.05) is 0 Å². The first-order valence-electron chi connectivity index (χ1n) is 6.96. The smallest absolute Gasteiger partial charge is 0.195 e. The summed E-state index contributed by atoms with van der Waals surface area (Å²) in [5, 5.41) is 0.957. The lowest BCUT2D eigenvalue weighted by molar-refractivity contribution is 0.107. The number of aromatic nitrogens is 2. The van der Waals surface area contributed by atoms with Gasteiger partial charge in [-0.3, -0.25) is 4.98 Å². The summed E-state index contributed by atoms with van der Waals surface area (Å²) in [5.74, 6) is 0. The van der Waals surface area contributed by atoms with Gasteiger partial charge in [-0.05, 0) is 39.8 Å². The Labute approximate surface area is 120 Å². The Morgan fingerprint density at radius 2 is 1.80 bits per heavy atom. The minimum absolute atomic E-state index is 0.0182. The van der Waals surface area contributed by atoms with E-state index in [4.69, 9.17) is 0 Å². The van der Waals surface area contributed by atoms with Crippen LogP contribution in [0.25, 0.3) is 10.9 Å². The van der Waals surface area contributed by atoms with Gasteiger partial charge in [-0.25, -0.2) is 4.98 Å². The number of hydrogen-bond acceptors (Lipinski definition) is 4. The van der Waals surface area contributed by atoms with E-state index in [0.717, 1.165) is 16.6 Å². The molecule has 0 aromatic carbocycles. The summed E-state index contributed by atoms with van der Waals surface area (Å²) < 4.78 is 0. The van der Waals surface area contributed by atoms with Crippen molar-refractivity contribution in [3.05, 3.63) is 30.2 Å². The summed E-state index contributed by atoms with van der Waals surface area (Å²) in [7, 11) is 1.54. The van der Waals surface area contributed by atoms with Crippen LogP contribution in [0.3, 0.4) is 0 Å². The molecule has 2 rings (SSSR count). The summed E-state index contributed by atoms with van der Waals surface area (Å²) >= 11 is 0. The van der Waals surface area contributed by atoms with Crippen LogP contribution in [0.1, 0.15) is 38.2 Å². The number of hydrogen-bond donors (Lipinski definition) is 0. The van der Waals surface area contributed by atoms with E-state index in [1.165, 1.54) is 7.85 Å². The largest absolute Gasteiger partial charge is 0.364 e. The third-order valence-corrected chi connectivity index (χ3v) is 3.33. The fraction of sp³-hybridized carbons (Fsp3) is 0.400. The normalized spacial score (nSPS) is 11.3. The maximum Gasteiger partial charge on any atom is 0.195 e. The molecule has 4 nitrogen and oxygen atoms in total. The van der Waals surface area contributed by atoms with Gasteiger partial charge in [0.1, 0.15) is 5.68 Å². The number of carbonyl (C=O) groups excluding carboxylic acids is 1. The molecule has 20 heavy (non-hydrogen) atoms. The average molecular weight is 269 g/mol. The molecule has 2 aromatic rings. The monoisotopic (exact) mass is 269 g/mol. The standard InChI is InChI=1S/C15H20BN3O/c1-9(2)19(10(3)4)13-8-17-7-11-5-6-12(15(16)20)18-14(11)13/h5-10H,16H2,1-4H3. The molecule has 0 aliphatic heterocycles. The Bertz CT molecular complexity index is 632. The van der Waals surface area contributed by atoms with Crippen molar-refractivity contribution in [2.45, 2.75) is 39.8 Å². The average Bonchev–Trinajstić information content (AvgIpc) is 2.37. The zero-order valence-electron chi connectivity index (χ0n) is 12.7. The Kier molecular flexibility index (Phi) is 4.07. The molecule has 0 aliphatic rings. The topological polar surface area (TPSA) is 46.1 Å². The Hall–Kier alpha value is -1.91. The molecule has 0 aliphatic carbocycles. The molecule has 104 valence electrons. The zero-order valence-corrected chi connectivity index (χ0v) is 12.7. The first-order chi connectivity index (χ1) is 9.41. The van der Waals surface area contributed by atoms with Gasteiger partial charge in [0.2, 0.25) is 0 Å². The third kappa shape index (κ3) is 2.67. The predicted molar refractivity (Wildman–Crippen MR) is 85.2 cm³/mol. The van der Waals surface area contributed by atoms with Crippen LogP contribution in [0.2, 0.25) is 0 Å². The molecular weight excluding hydrogens is 249 g/mol. The molecule has 2 heterocycles. The van der Waals surface area contributed by atoms with Gasteiger partial charge < -0.3 is 9.69 Å². The van der Waals surface area contributed by atoms with Crippen molar-refractivity contribution in [1.82, 2.24) is 9.97 Å². The van der Waals surface area contributed by atoms with Crippen LogP contribution in [-0.4, -0.2) is 35.6 Å². The fourth-order valence-corrected chi connectivity index (χ4v) is 2.57. The van der Waals surface area contributed by atoms with Gasteiger partial charge in [0.15, 0.2) is 7.85 Å². The van der Waals surface area contributed by atoms with Crippen molar-refractivity contribution in [3.63, 3.8) is 0 Å². The SMILES string of the molecule is BC(=O)c1ccc2cncc(N(C(C)C)C(C)C)c2n1. The van der Waals surface area contributed by atoms with Gasteiger partial charge >= 0.3 is 0 Å². The molecule has 0 fully saturated rings. The van der Waals surface area contributed by atoms with E-state index in [9.17, 15) is 4.79 Å². The van der Waals surface area contributed by atoms with Crippen LogP contribution in [0.5, 0.6) is 0 Å². The minimum atomic E-state index is -0.0182. The van der Waals surface area contributed by atoms with Crippen molar-refractivity contribution in [3.8, 4) is 0 Å². The molecule has 0 unspecified atom stereocenters. The van der Waals surface area contributed by atoms with E-state index in [0.29, 0.717) is 17.8 Å². The summed E-state index contributed by atoms with van der Waals surface area (Å²) in [6.07, 6.45) is 3.62. The highest BCUT2D eigenvalue weighted by atomic mass is 16.1. The number of pyridine rings is 2. The van der Waals surface area contributed by atoms with E-state index < -0.39 is 0 Å². The van der Waals surface area contributed by atoms with Gasteiger partial charge in [-0.15, -0.1) is 0 Å². The number of nitrogens with zero attached hydrogens (tertiary/aromatic N) is 3. The second-order valence-corrected chi connectivity index (χ2v) is 5.58. The lowest BCUT2D eigenvalue weighted by Crippen LogP contribution is -2.37. The Balaban J connectivity index is 2.68. The van der Waals surface area contributed by atoms with E-state index in [1.807, 2.05) is 12.3 Å². The molecule has 0 saturated carbocycles. The van der Waals surface area contributed by atoms with Crippen LogP contribution in [-0.2, 0) is 0 Å². The highest BCUT2D eigenvalue weighted by Gasteiger charge is 2.18. The van der Waals surface area contributed by atoms with Crippen LogP contribution in [0, 0.1) is 0 Å². The van der Waals surface area contributed by atoms with Gasteiger partial charge in [0.25, 0.3) is 0 Å². The summed E-state index contributed by atoms with van der Waals surface area (Å²) in [6, 6.07) is 4.34. The molecule has 0 radical (unpaired) electrons. The summed E-state index contributed by atoms with van der Waals surface area (Å²) in [4.78, 5) is 22.7. The van der Waals surface area contributed by atoms with Crippen molar-refractivity contribution < 1.29 is 4.79 Å². The highest BCUT2D eigenvalue weighted by molar-refractivity contribution is 6.62. The number of anilines is 1. The van der Waals surface area contributed by atoms with Crippen LogP contribution < -0.4 is 4.90 Å². The first-order valence-corrected chi connectivity index (χ1v) is 6.96. The molecule has 0 N–H and O–H groups in total. The molecule has 0 saturated heterocycles. The second-order valence-electron chi connectivity index (χ2n) is 5.58. The molecule has 0 amide bonds. The first kappa shape index (κ1) is 14.5. The van der Waals surface area contributed by atoms with Crippen LogP contribution >= 0.6 is 0 Å². The van der Waals surface area contributed by atoms with Crippen molar-refractivity contribution in [2.75, 3.05) is 4.90 Å². The number of fused-ring (bicyclic) bond motifs is 1. The van der Waals surface area contributed by atoms with Gasteiger partial charge in [-0.2, -0.15) is 0 Å². The molecular formula is C15H20BN3O. The van der Waals surface area contributed by atoms with Crippen LogP contribution in [0.4, 0.5) is 5.69 Å². The zero-order chi connectivity index (χ0) is 14.9. The quantitative estimate of drug-likeness (QED) is 0.797. The molecule has 2 aromatic heterocycles. The highest BCUT2D eigenvalue weighted by Crippen LogP contribution is 2.27. The lowest BCUT2D eigenvalue weighted by atomic mass is 9.98. The van der Waals surface area contributed by atoms with Gasteiger partial charge in [0, 0.05) is 23.7 Å². The molecule has 5 heteroatoms. The Morgan fingerprint density at radius 3 is 2.35 bits per heavy atom. The van der Waals surface area contributed by atoms with E-state index in [2.05, 4.69) is 42.6 Å². The van der Waals surface area contributed by atoms with Crippen molar-refractivity contribution in [2.24, 2.45) is 0 Å². The van der Waals surface area contributed by atoms with E-state index in [-0.39, 0.29) is 5.68 Å².